The Kier molecular flexibility index (Phi) is 2.27. The van der Waals surface area contributed by atoms with Crippen LogP contribution in [0.3, 0.4) is 0 Å². The Labute approximate surface area is 60.4 Å². The molecule has 1 rings (SSSR count). The first-order valence-corrected chi connectivity index (χ1v) is 3.63. The van der Waals surface area contributed by atoms with Gasteiger partial charge in [0, 0.05) is 13.0 Å². The largest absolute Gasteiger partial charge is 0.393 e. The molecule has 2 atom stereocenters. The average Bonchev–Trinajstić information content (AvgIpc) is 2.13. The van der Waals surface area contributed by atoms with Crippen LogP contribution in [-0.2, 0) is 4.79 Å². The van der Waals surface area contributed by atoms with Crippen molar-refractivity contribution >= 4 is 5.91 Å². The van der Waals surface area contributed by atoms with Gasteiger partial charge in [-0.2, -0.15) is 0 Å². The highest BCUT2D eigenvalue weighted by molar-refractivity contribution is 5.78. The molecule has 2 unspecified atom stereocenters. The quantitative estimate of drug-likeness (QED) is 0.566. The monoisotopic (exact) mass is 143 g/mol. The Morgan fingerprint density at radius 3 is 3.00 bits per heavy atom. The van der Waals surface area contributed by atoms with Gasteiger partial charge in [0.2, 0.25) is 5.91 Å². The van der Waals surface area contributed by atoms with Crippen molar-refractivity contribution in [3.63, 3.8) is 0 Å². The van der Waals surface area contributed by atoms with Crippen LogP contribution in [0.15, 0.2) is 0 Å². The molecule has 1 heterocycles. The third kappa shape index (κ3) is 1.99. The number of carbonyl (C=O) groups is 1. The second-order valence-corrected chi connectivity index (χ2v) is 2.96. The van der Waals surface area contributed by atoms with Gasteiger partial charge in [0.1, 0.15) is 0 Å². The van der Waals surface area contributed by atoms with E-state index in [0.717, 1.165) is 13.0 Å². The molecule has 2 N–H and O–H groups in total. The second-order valence-electron chi connectivity index (χ2n) is 2.96. The molecule has 0 aromatic rings. The van der Waals surface area contributed by atoms with Crippen molar-refractivity contribution in [1.29, 1.82) is 0 Å². The molecule has 1 aliphatic heterocycles. The molecule has 0 aliphatic carbocycles. The van der Waals surface area contributed by atoms with Gasteiger partial charge < -0.3 is 10.4 Å². The van der Waals surface area contributed by atoms with E-state index in [2.05, 4.69) is 5.32 Å². The predicted octanol–water partition coefficient (Wildman–Crippen LogP) is -0.107. The summed E-state index contributed by atoms with van der Waals surface area (Å²) in [5, 5.41) is 11.7. The fraction of sp³-hybridized carbons (Fsp3) is 0.857. The number of rotatable bonds is 2. The molecule has 1 saturated heterocycles. The van der Waals surface area contributed by atoms with Gasteiger partial charge in [0.05, 0.1) is 6.10 Å². The Morgan fingerprint density at radius 1 is 1.90 bits per heavy atom. The molecule has 1 aliphatic rings. The summed E-state index contributed by atoms with van der Waals surface area (Å²) < 4.78 is 0. The highest BCUT2D eigenvalue weighted by atomic mass is 16.3. The maximum atomic E-state index is 10.6. The lowest BCUT2D eigenvalue weighted by atomic mass is 10.0. The summed E-state index contributed by atoms with van der Waals surface area (Å²) in [6, 6.07) is 0. The zero-order valence-corrected chi connectivity index (χ0v) is 6.13. The smallest absolute Gasteiger partial charge is 0.220 e. The Bertz CT molecular complexity index is 134. The number of amides is 1. The van der Waals surface area contributed by atoms with Crippen molar-refractivity contribution in [3.8, 4) is 0 Å². The second kappa shape index (κ2) is 3.01. The van der Waals surface area contributed by atoms with Crippen LogP contribution in [0.5, 0.6) is 0 Å². The SMILES string of the molecule is CC(O)CC1CNC(=O)C1. The number of nitrogens with one attached hydrogen (secondary N) is 1. The van der Waals surface area contributed by atoms with E-state index < -0.39 is 0 Å². The number of hydrogen-bond acceptors (Lipinski definition) is 2. The summed E-state index contributed by atoms with van der Waals surface area (Å²) >= 11 is 0. The number of aliphatic hydroxyl groups is 1. The molecule has 0 aromatic carbocycles. The van der Waals surface area contributed by atoms with E-state index in [9.17, 15) is 4.79 Å². The summed E-state index contributed by atoms with van der Waals surface area (Å²) in [6.45, 7) is 2.49. The van der Waals surface area contributed by atoms with E-state index in [4.69, 9.17) is 5.11 Å². The van der Waals surface area contributed by atoms with Gasteiger partial charge in [-0.3, -0.25) is 4.79 Å². The molecule has 0 spiro atoms. The minimum atomic E-state index is -0.280. The van der Waals surface area contributed by atoms with Crippen molar-refractivity contribution in [2.45, 2.75) is 25.9 Å². The van der Waals surface area contributed by atoms with E-state index in [1.165, 1.54) is 0 Å². The molecule has 1 amide bonds. The summed E-state index contributed by atoms with van der Waals surface area (Å²) in [7, 11) is 0. The zero-order chi connectivity index (χ0) is 7.56. The first kappa shape index (κ1) is 7.54. The fourth-order valence-corrected chi connectivity index (χ4v) is 1.31. The first-order chi connectivity index (χ1) is 4.68. The standard InChI is InChI=1S/C7H13NO2/c1-5(9)2-6-3-7(10)8-4-6/h5-6,9H,2-4H2,1H3,(H,8,10). The van der Waals surface area contributed by atoms with Gasteiger partial charge in [0.15, 0.2) is 0 Å². The summed E-state index contributed by atoms with van der Waals surface area (Å²) in [6.07, 6.45) is 1.04. The number of hydrogen-bond donors (Lipinski definition) is 2. The van der Waals surface area contributed by atoms with Crippen LogP contribution in [0, 0.1) is 5.92 Å². The number of carbonyl (C=O) groups excluding carboxylic acids is 1. The molecule has 0 saturated carbocycles. The van der Waals surface area contributed by atoms with Crippen molar-refractivity contribution in [3.05, 3.63) is 0 Å². The molecular weight excluding hydrogens is 130 g/mol. The van der Waals surface area contributed by atoms with Gasteiger partial charge in [-0.05, 0) is 19.3 Å². The molecule has 0 bridgehead atoms. The average molecular weight is 143 g/mol. The van der Waals surface area contributed by atoms with Gasteiger partial charge >= 0.3 is 0 Å². The Balaban J connectivity index is 2.24. The third-order valence-corrected chi connectivity index (χ3v) is 1.74. The van der Waals surface area contributed by atoms with Crippen molar-refractivity contribution < 1.29 is 9.90 Å². The topological polar surface area (TPSA) is 49.3 Å². The minimum absolute atomic E-state index is 0.116. The van der Waals surface area contributed by atoms with Crippen molar-refractivity contribution in [2.24, 2.45) is 5.92 Å². The molecular formula is C7H13NO2. The molecule has 1 fully saturated rings. The van der Waals surface area contributed by atoms with Crippen molar-refractivity contribution in [2.75, 3.05) is 6.54 Å². The van der Waals surface area contributed by atoms with Crippen LogP contribution in [-0.4, -0.2) is 23.7 Å². The summed E-state index contributed by atoms with van der Waals surface area (Å²) in [5.41, 5.74) is 0. The number of aliphatic hydroxyl groups excluding tert-OH is 1. The van der Waals surface area contributed by atoms with E-state index in [0.29, 0.717) is 12.3 Å². The molecule has 0 aromatic heterocycles. The van der Waals surface area contributed by atoms with Gasteiger partial charge in [0.25, 0.3) is 0 Å². The van der Waals surface area contributed by atoms with Crippen LogP contribution in [0.4, 0.5) is 0 Å². The van der Waals surface area contributed by atoms with Crippen molar-refractivity contribution in [1.82, 2.24) is 5.32 Å². The summed E-state index contributed by atoms with van der Waals surface area (Å²) in [4.78, 5) is 10.6. The Hall–Kier alpha value is -0.570. The van der Waals surface area contributed by atoms with Crippen LogP contribution >= 0.6 is 0 Å². The fourth-order valence-electron chi connectivity index (χ4n) is 1.31. The van der Waals surface area contributed by atoms with E-state index in [1.807, 2.05) is 0 Å². The maximum absolute atomic E-state index is 10.6. The lowest BCUT2D eigenvalue weighted by Crippen LogP contribution is -2.15. The van der Waals surface area contributed by atoms with Crippen LogP contribution in [0.2, 0.25) is 0 Å². The normalized spacial score (nSPS) is 28.2. The maximum Gasteiger partial charge on any atom is 0.220 e. The van der Waals surface area contributed by atoms with Gasteiger partial charge in [-0.25, -0.2) is 0 Å². The van der Waals surface area contributed by atoms with E-state index >= 15 is 0 Å². The zero-order valence-electron chi connectivity index (χ0n) is 6.13. The third-order valence-electron chi connectivity index (χ3n) is 1.74. The van der Waals surface area contributed by atoms with Crippen LogP contribution in [0.25, 0.3) is 0 Å². The van der Waals surface area contributed by atoms with Gasteiger partial charge in [-0.15, -0.1) is 0 Å². The molecule has 10 heavy (non-hydrogen) atoms. The van der Waals surface area contributed by atoms with Crippen LogP contribution < -0.4 is 5.32 Å². The van der Waals surface area contributed by atoms with Gasteiger partial charge in [-0.1, -0.05) is 0 Å². The summed E-state index contributed by atoms with van der Waals surface area (Å²) in [5.74, 6) is 0.471. The van der Waals surface area contributed by atoms with Crippen LogP contribution in [0.1, 0.15) is 19.8 Å². The lowest BCUT2D eigenvalue weighted by molar-refractivity contribution is -0.119. The Morgan fingerprint density at radius 2 is 2.60 bits per heavy atom. The highest BCUT2D eigenvalue weighted by Crippen LogP contribution is 2.14. The predicted molar refractivity (Wildman–Crippen MR) is 37.4 cm³/mol. The first-order valence-electron chi connectivity index (χ1n) is 3.63. The molecule has 58 valence electrons. The van der Waals surface area contributed by atoms with E-state index in [-0.39, 0.29) is 12.0 Å². The molecule has 0 radical (unpaired) electrons. The van der Waals surface area contributed by atoms with E-state index in [1.54, 1.807) is 6.92 Å². The highest BCUT2D eigenvalue weighted by Gasteiger charge is 2.22. The molecule has 3 nitrogen and oxygen atoms in total. The minimum Gasteiger partial charge on any atom is -0.393 e. The molecule has 3 heteroatoms. The lowest BCUT2D eigenvalue weighted by Gasteiger charge is -2.07.